The van der Waals surface area contributed by atoms with Gasteiger partial charge in [-0.05, 0) is 90.2 Å². The normalized spacial score (nSPS) is 52.9. The molecular formula is C30H46O3. The number of ketones is 1. The summed E-state index contributed by atoms with van der Waals surface area (Å²) in [6, 6.07) is 0. The summed E-state index contributed by atoms with van der Waals surface area (Å²) in [5.41, 5.74) is 1.24. The molecule has 3 saturated carbocycles. The Labute approximate surface area is 201 Å². The number of hydrogen-bond acceptors (Lipinski definition) is 3. The van der Waals surface area contributed by atoms with Crippen LogP contribution < -0.4 is 0 Å². The van der Waals surface area contributed by atoms with Gasteiger partial charge in [-0.25, -0.2) is 0 Å². The highest BCUT2D eigenvalue weighted by atomic mass is 16.3. The molecule has 0 saturated heterocycles. The number of hydrogen-bond donors (Lipinski definition) is 2. The number of rotatable bonds is 1. The molecule has 0 heterocycles. The van der Waals surface area contributed by atoms with Crippen molar-refractivity contribution in [2.45, 2.75) is 106 Å². The van der Waals surface area contributed by atoms with Gasteiger partial charge in [-0.1, -0.05) is 61.5 Å². The molecule has 3 fully saturated rings. The zero-order chi connectivity index (χ0) is 24.4. The van der Waals surface area contributed by atoms with E-state index in [1.807, 2.05) is 6.08 Å². The van der Waals surface area contributed by atoms with Gasteiger partial charge in [0.1, 0.15) is 0 Å². The van der Waals surface area contributed by atoms with Crippen LogP contribution in [0.25, 0.3) is 0 Å². The molecular weight excluding hydrogens is 408 g/mol. The van der Waals surface area contributed by atoms with Crippen LogP contribution in [0.2, 0.25) is 0 Å². The predicted octanol–water partition coefficient (Wildman–Crippen LogP) is 6.09. The fraction of sp³-hybridized carbons (Fsp3) is 0.833. The zero-order valence-electron chi connectivity index (χ0n) is 22.2. The molecule has 5 aliphatic rings. The summed E-state index contributed by atoms with van der Waals surface area (Å²) in [5.74, 6) is 1.78. The average molecular weight is 455 g/mol. The minimum Gasteiger partial charge on any atom is -0.393 e. The Balaban J connectivity index is 1.67. The molecule has 0 aromatic rings. The van der Waals surface area contributed by atoms with Crippen LogP contribution in [-0.4, -0.2) is 28.2 Å². The second kappa shape index (κ2) is 6.84. The van der Waals surface area contributed by atoms with E-state index in [2.05, 4.69) is 61.5 Å². The van der Waals surface area contributed by atoms with Crippen molar-refractivity contribution >= 4 is 5.78 Å². The van der Waals surface area contributed by atoms with Gasteiger partial charge in [-0.15, -0.1) is 0 Å². The van der Waals surface area contributed by atoms with Crippen LogP contribution in [0, 0.1) is 50.7 Å². The van der Waals surface area contributed by atoms with Crippen LogP contribution in [-0.2, 0) is 4.79 Å². The SMILES string of the molecule is CC(C)[C@H]1CC[C@@H]2[C@]1(C)[C@H](O)C[C@]1(C)C3=CC[C@H]4C(C)(C)[C@H](O)CC[C@]4(C)C3=CC(=O)[C@@]21C. The first-order valence-corrected chi connectivity index (χ1v) is 13.5. The van der Waals surface area contributed by atoms with E-state index in [-0.39, 0.29) is 39.5 Å². The van der Waals surface area contributed by atoms with Gasteiger partial charge < -0.3 is 10.2 Å². The van der Waals surface area contributed by atoms with Crippen LogP contribution in [0.15, 0.2) is 23.3 Å². The molecule has 5 rings (SSSR count). The Morgan fingerprint density at radius 1 is 0.909 bits per heavy atom. The van der Waals surface area contributed by atoms with E-state index in [0.717, 1.165) is 32.1 Å². The third-order valence-electron chi connectivity index (χ3n) is 12.6. The minimum absolute atomic E-state index is 0.103. The Morgan fingerprint density at radius 3 is 2.21 bits per heavy atom. The number of carbonyl (C=O) groups is 1. The highest BCUT2D eigenvalue weighted by Crippen LogP contribution is 2.74. The third kappa shape index (κ3) is 2.57. The van der Waals surface area contributed by atoms with Crippen molar-refractivity contribution < 1.29 is 15.0 Å². The van der Waals surface area contributed by atoms with Gasteiger partial charge in [-0.3, -0.25) is 4.79 Å². The monoisotopic (exact) mass is 454 g/mol. The lowest BCUT2D eigenvalue weighted by Gasteiger charge is -2.66. The molecule has 0 aromatic carbocycles. The summed E-state index contributed by atoms with van der Waals surface area (Å²) in [7, 11) is 0. The van der Waals surface area contributed by atoms with Crippen molar-refractivity contribution in [3.05, 3.63) is 23.3 Å². The zero-order valence-corrected chi connectivity index (χ0v) is 22.2. The number of carbonyl (C=O) groups excluding carboxylic acids is 1. The largest absolute Gasteiger partial charge is 0.393 e. The Hall–Kier alpha value is -0.930. The number of aliphatic hydroxyl groups excluding tert-OH is 2. The van der Waals surface area contributed by atoms with Crippen molar-refractivity contribution in [2.75, 3.05) is 0 Å². The second-order valence-corrected chi connectivity index (χ2v) is 14.2. The molecule has 2 N–H and O–H groups in total. The van der Waals surface area contributed by atoms with Crippen molar-refractivity contribution in [3.63, 3.8) is 0 Å². The molecule has 9 atom stereocenters. The van der Waals surface area contributed by atoms with Gasteiger partial charge in [0.05, 0.1) is 12.2 Å². The lowest BCUT2D eigenvalue weighted by molar-refractivity contribution is -0.179. The fourth-order valence-electron chi connectivity index (χ4n) is 10.3. The van der Waals surface area contributed by atoms with Crippen LogP contribution in [0.5, 0.6) is 0 Å². The third-order valence-corrected chi connectivity index (χ3v) is 12.6. The van der Waals surface area contributed by atoms with E-state index in [0.29, 0.717) is 24.2 Å². The summed E-state index contributed by atoms with van der Waals surface area (Å²) < 4.78 is 0. The molecule has 3 heteroatoms. The van der Waals surface area contributed by atoms with E-state index in [1.165, 1.54) is 11.1 Å². The number of aliphatic hydroxyl groups is 2. The molecule has 0 radical (unpaired) electrons. The van der Waals surface area contributed by atoms with Gasteiger partial charge in [0, 0.05) is 16.2 Å². The highest BCUT2D eigenvalue weighted by molar-refractivity contribution is 6.00. The van der Waals surface area contributed by atoms with Gasteiger partial charge in [-0.2, -0.15) is 0 Å². The Bertz CT molecular complexity index is 942. The molecule has 33 heavy (non-hydrogen) atoms. The smallest absolute Gasteiger partial charge is 0.163 e. The standard InChI is InChI=1S/C30H46O3/c1-17(2)18-9-12-22-29(18,7)25(33)16-28(6)19-10-11-21-26(3,4)23(31)13-14-27(21,5)20(19)15-24(32)30(22,28)8/h10,15,17-18,21-23,25,31,33H,9,11-14,16H2,1-8H3/t18-,21+,22-,23-,25-,27-,28-,29-,30-/m1/s1. The maximum atomic E-state index is 14.3. The van der Waals surface area contributed by atoms with Crippen molar-refractivity contribution in [3.8, 4) is 0 Å². The Kier molecular flexibility index (Phi) is 4.93. The summed E-state index contributed by atoms with van der Waals surface area (Å²) >= 11 is 0. The van der Waals surface area contributed by atoms with E-state index in [4.69, 9.17) is 0 Å². The lowest BCUT2D eigenvalue weighted by atomic mass is 9.37. The maximum absolute atomic E-state index is 14.3. The molecule has 5 aliphatic carbocycles. The second-order valence-electron chi connectivity index (χ2n) is 14.2. The van der Waals surface area contributed by atoms with Crippen LogP contribution in [0.4, 0.5) is 0 Å². The number of fused-ring (bicyclic) bond motifs is 7. The average Bonchev–Trinajstić information content (AvgIpc) is 3.09. The fourth-order valence-corrected chi connectivity index (χ4v) is 10.3. The van der Waals surface area contributed by atoms with Crippen LogP contribution in [0.1, 0.15) is 93.9 Å². The number of allylic oxidation sites excluding steroid dienone is 4. The van der Waals surface area contributed by atoms with E-state index < -0.39 is 11.5 Å². The van der Waals surface area contributed by atoms with Crippen molar-refractivity contribution in [2.24, 2.45) is 50.7 Å². The molecule has 184 valence electrons. The molecule has 0 aromatic heterocycles. The summed E-state index contributed by atoms with van der Waals surface area (Å²) in [6.07, 6.45) is 9.22. The molecule has 0 aliphatic heterocycles. The van der Waals surface area contributed by atoms with Gasteiger partial charge >= 0.3 is 0 Å². The summed E-state index contributed by atoms with van der Waals surface area (Å²) in [4.78, 5) is 14.3. The van der Waals surface area contributed by atoms with E-state index >= 15 is 0 Å². The molecule has 3 nitrogen and oxygen atoms in total. The lowest BCUT2D eigenvalue weighted by Crippen LogP contribution is -2.65. The van der Waals surface area contributed by atoms with Crippen molar-refractivity contribution in [1.82, 2.24) is 0 Å². The first kappa shape index (κ1) is 23.8. The molecule has 0 amide bonds. The summed E-state index contributed by atoms with van der Waals surface area (Å²) in [6.45, 7) is 18.1. The minimum atomic E-state index is -0.479. The van der Waals surface area contributed by atoms with Gasteiger partial charge in [0.15, 0.2) is 5.78 Å². The van der Waals surface area contributed by atoms with Gasteiger partial charge in [0.2, 0.25) is 0 Å². The van der Waals surface area contributed by atoms with E-state index in [9.17, 15) is 15.0 Å². The first-order chi connectivity index (χ1) is 15.2. The Morgan fingerprint density at radius 2 is 1.58 bits per heavy atom. The highest BCUT2D eigenvalue weighted by Gasteiger charge is 2.72. The quantitative estimate of drug-likeness (QED) is 0.504. The molecule has 0 unspecified atom stereocenters. The van der Waals surface area contributed by atoms with Crippen molar-refractivity contribution in [1.29, 1.82) is 0 Å². The van der Waals surface area contributed by atoms with E-state index in [1.54, 1.807) is 0 Å². The summed E-state index contributed by atoms with van der Waals surface area (Å²) in [5, 5.41) is 22.6. The predicted molar refractivity (Wildman–Crippen MR) is 132 cm³/mol. The van der Waals surface area contributed by atoms with Gasteiger partial charge in [0.25, 0.3) is 0 Å². The maximum Gasteiger partial charge on any atom is 0.163 e. The molecule has 0 spiro atoms. The topological polar surface area (TPSA) is 57.5 Å². The molecule has 0 bridgehead atoms. The first-order valence-electron chi connectivity index (χ1n) is 13.5. The van der Waals surface area contributed by atoms with Crippen LogP contribution in [0.3, 0.4) is 0 Å². The van der Waals surface area contributed by atoms with Crippen LogP contribution >= 0.6 is 0 Å².